The van der Waals surface area contributed by atoms with Crippen molar-refractivity contribution in [3.05, 3.63) is 59.4 Å². The highest BCUT2D eigenvalue weighted by atomic mass is 35.5. The van der Waals surface area contributed by atoms with E-state index in [0.717, 1.165) is 15.3 Å². The number of hydrogen-bond donors (Lipinski definition) is 1. The second kappa shape index (κ2) is 7.67. The van der Waals surface area contributed by atoms with Crippen molar-refractivity contribution in [1.29, 1.82) is 0 Å². The molecule has 0 aliphatic carbocycles. The van der Waals surface area contributed by atoms with Crippen molar-refractivity contribution in [2.24, 2.45) is 0 Å². The lowest BCUT2D eigenvalue weighted by Crippen LogP contribution is -2.39. The van der Waals surface area contributed by atoms with E-state index in [1.165, 1.54) is 36.2 Å². The van der Waals surface area contributed by atoms with Gasteiger partial charge in [0.15, 0.2) is 0 Å². The second-order valence-electron chi connectivity index (χ2n) is 6.17. The van der Waals surface area contributed by atoms with Crippen LogP contribution in [0.25, 0.3) is 11.0 Å². The lowest BCUT2D eigenvalue weighted by atomic mass is 10.3. The molecule has 3 rings (SSSR count). The predicted molar refractivity (Wildman–Crippen MR) is 104 cm³/mol. The molecule has 1 heterocycles. The number of benzene rings is 2. The summed E-state index contributed by atoms with van der Waals surface area (Å²) in [4.78, 5) is 21.6. The minimum Gasteiger partial charge on any atom is -0.340 e. The van der Waals surface area contributed by atoms with E-state index in [1.54, 1.807) is 7.05 Å². The van der Waals surface area contributed by atoms with Crippen LogP contribution in [-0.4, -0.2) is 54.1 Å². The van der Waals surface area contributed by atoms with Crippen molar-refractivity contribution in [3.8, 4) is 0 Å². The van der Waals surface area contributed by atoms with Crippen molar-refractivity contribution >= 4 is 38.6 Å². The van der Waals surface area contributed by atoms with E-state index < -0.39 is 10.0 Å². The summed E-state index contributed by atoms with van der Waals surface area (Å²) in [6.07, 6.45) is 0. The summed E-state index contributed by atoms with van der Waals surface area (Å²) in [5.41, 5.74) is 1.70. The van der Waals surface area contributed by atoms with Crippen molar-refractivity contribution in [2.45, 2.75) is 11.4 Å². The average Bonchev–Trinajstić information content (AvgIpc) is 3.04. The molecule has 0 unspecified atom stereocenters. The maximum absolute atomic E-state index is 12.6. The molecule has 0 aliphatic heterocycles. The van der Waals surface area contributed by atoms with Crippen LogP contribution < -0.4 is 0 Å². The molecule has 0 atom stereocenters. The number of carbonyl (C=O) groups is 1. The Labute approximate surface area is 162 Å². The number of likely N-dealkylation sites (N-methyl/N-ethyl adjacent to an activating group) is 2. The molecule has 27 heavy (non-hydrogen) atoms. The van der Waals surface area contributed by atoms with E-state index in [0.29, 0.717) is 10.8 Å². The first kappa shape index (κ1) is 19.3. The van der Waals surface area contributed by atoms with Gasteiger partial charge in [-0.3, -0.25) is 4.79 Å². The van der Waals surface area contributed by atoms with Crippen LogP contribution in [0.5, 0.6) is 0 Å². The van der Waals surface area contributed by atoms with E-state index in [2.05, 4.69) is 9.97 Å². The number of rotatable bonds is 6. The fraction of sp³-hybridized carbons (Fsp3) is 0.222. The summed E-state index contributed by atoms with van der Waals surface area (Å²) in [5, 5.41) is 0.443. The highest BCUT2D eigenvalue weighted by Gasteiger charge is 2.24. The van der Waals surface area contributed by atoms with E-state index in [4.69, 9.17) is 11.6 Å². The van der Waals surface area contributed by atoms with E-state index in [-0.39, 0.29) is 23.9 Å². The number of carbonyl (C=O) groups excluding carboxylic acids is 1. The fourth-order valence-electron chi connectivity index (χ4n) is 2.58. The molecule has 0 saturated heterocycles. The number of aromatic amines is 1. The van der Waals surface area contributed by atoms with Crippen LogP contribution in [-0.2, 0) is 21.4 Å². The Morgan fingerprint density at radius 3 is 2.44 bits per heavy atom. The number of aromatic nitrogens is 2. The molecule has 7 nitrogen and oxygen atoms in total. The number of nitrogens with one attached hydrogen (secondary N) is 1. The number of nitrogens with zero attached hydrogens (tertiary/aromatic N) is 3. The Hall–Kier alpha value is -2.42. The van der Waals surface area contributed by atoms with Gasteiger partial charge >= 0.3 is 0 Å². The van der Waals surface area contributed by atoms with Gasteiger partial charge in [0.25, 0.3) is 0 Å². The third-order valence-electron chi connectivity index (χ3n) is 4.13. The fourth-order valence-corrected chi connectivity index (χ4v) is 3.82. The molecule has 0 spiro atoms. The van der Waals surface area contributed by atoms with Crippen LogP contribution in [0.3, 0.4) is 0 Å². The van der Waals surface area contributed by atoms with E-state index >= 15 is 0 Å². The first-order valence-corrected chi connectivity index (χ1v) is 9.98. The van der Waals surface area contributed by atoms with E-state index in [1.807, 2.05) is 24.3 Å². The van der Waals surface area contributed by atoms with Gasteiger partial charge in [-0.25, -0.2) is 13.4 Å². The zero-order valence-corrected chi connectivity index (χ0v) is 16.5. The molecular formula is C18H19ClN4O3S. The van der Waals surface area contributed by atoms with Gasteiger partial charge in [-0.15, -0.1) is 0 Å². The van der Waals surface area contributed by atoms with Gasteiger partial charge in [-0.1, -0.05) is 23.7 Å². The number of halogens is 1. The molecule has 3 aromatic rings. The van der Waals surface area contributed by atoms with Crippen LogP contribution in [0.4, 0.5) is 0 Å². The summed E-state index contributed by atoms with van der Waals surface area (Å²) in [6.45, 7) is -0.0238. The number of fused-ring (bicyclic) bond motifs is 1. The van der Waals surface area contributed by atoms with E-state index in [9.17, 15) is 13.2 Å². The Kier molecular flexibility index (Phi) is 5.50. The van der Waals surface area contributed by atoms with Gasteiger partial charge in [0.05, 0.1) is 29.0 Å². The van der Waals surface area contributed by atoms with Crippen molar-refractivity contribution < 1.29 is 13.2 Å². The molecule has 0 radical (unpaired) electrons. The average molecular weight is 407 g/mol. The topological polar surface area (TPSA) is 86.4 Å². The molecule has 0 fully saturated rings. The Balaban J connectivity index is 1.67. The molecule has 0 aliphatic rings. The number of para-hydroxylation sites is 2. The lowest BCUT2D eigenvalue weighted by molar-refractivity contribution is -0.130. The zero-order valence-electron chi connectivity index (χ0n) is 14.9. The quantitative estimate of drug-likeness (QED) is 0.681. The summed E-state index contributed by atoms with van der Waals surface area (Å²) in [6, 6.07) is 13.4. The van der Waals surface area contributed by atoms with Gasteiger partial charge in [-0.05, 0) is 36.4 Å². The highest BCUT2D eigenvalue weighted by Crippen LogP contribution is 2.18. The SMILES string of the molecule is CN(Cc1nc2ccccc2[nH]1)C(=O)CN(C)S(=O)(=O)c1ccc(Cl)cc1. The summed E-state index contributed by atoms with van der Waals surface area (Å²) in [7, 11) is -0.793. The number of hydrogen-bond acceptors (Lipinski definition) is 4. The minimum atomic E-state index is -3.77. The van der Waals surface area contributed by atoms with Gasteiger partial charge in [-0.2, -0.15) is 4.31 Å². The van der Waals surface area contributed by atoms with Crippen LogP contribution in [0, 0.1) is 0 Å². The molecule has 1 amide bonds. The number of amides is 1. The number of imidazole rings is 1. The molecule has 2 aromatic carbocycles. The van der Waals surface area contributed by atoms with Gasteiger partial charge in [0.2, 0.25) is 15.9 Å². The molecule has 0 bridgehead atoms. The van der Waals surface area contributed by atoms with Gasteiger partial charge in [0, 0.05) is 19.1 Å². The smallest absolute Gasteiger partial charge is 0.243 e. The first-order chi connectivity index (χ1) is 12.8. The van der Waals surface area contributed by atoms with Crippen molar-refractivity contribution in [1.82, 2.24) is 19.2 Å². The number of H-pyrrole nitrogens is 1. The summed E-state index contributed by atoms with van der Waals surface area (Å²) in [5.74, 6) is 0.297. The van der Waals surface area contributed by atoms with Crippen LogP contribution in [0.1, 0.15) is 5.82 Å². The largest absolute Gasteiger partial charge is 0.340 e. The summed E-state index contributed by atoms with van der Waals surface area (Å²) >= 11 is 5.80. The molecule has 1 N–H and O–H groups in total. The highest BCUT2D eigenvalue weighted by molar-refractivity contribution is 7.89. The van der Waals surface area contributed by atoms with Crippen molar-refractivity contribution in [2.75, 3.05) is 20.6 Å². The zero-order chi connectivity index (χ0) is 19.6. The Bertz CT molecular complexity index is 1030. The maximum atomic E-state index is 12.6. The third kappa shape index (κ3) is 4.29. The lowest BCUT2D eigenvalue weighted by Gasteiger charge is -2.21. The Morgan fingerprint density at radius 2 is 1.78 bits per heavy atom. The third-order valence-corrected chi connectivity index (χ3v) is 6.20. The molecule has 9 heteroatoms. The van der Waals surface area contributed by atoms with Crippen LogP contribution in [0.2, 0.25) is 5.02 Å². The molecule has 0 saturated carbocycles. The monoisotopic (exact) mass is 406 g/mol. The maximum Gasteiger partial charge on any atom is 0.243 e. The Morgan fingerprint density at radius 1 is 1.11 bits per heavy atom. The second-order valence-corrected chi connectivity index (χ2v) is 8.65. The van der Waals surface area contributed by atoms with Crippen molar-refractivity contribution in [3.63, 3.8) is 0 Å². The van der Waals surface area contributed by atoms with Crippen LogP contribution in [0.15, 0.2) is 53.4 Å². The standard InChI is InChI=1S/C18H19ClN4O3S/c1-22(11-17-20-15-5-3-4-6-16(15)21-17)18(24)12-23(2)27(25,26)14-9-7-13(19)8-10-14/h3-10H,11-12H2,1-2H3,(H,20,21). The predicted octanol–water partition coefficient (Wildman–Crippen LogP) is 2.50. The number of sulfonamides is 1. The summed E-state index contributed by atoms with van der Waals surface area (Å²) < 4.78 is 26.2. The molecule has 1 aromatic heterocycles. The normalized spacial score (nSPS) is 11.9. The molecular weight excluding hydrogens is 388 g/mol. The first-order valence-electron chi connectivity index (χ1n) is 8.17. The van der Waals surface area contributed by atoms with Gasteiger partial charge < -0.3 is 9.88 Å². The minimum absolute atomic E-state index is 0.0853. The molecule has 142 valence electrons. The van der Waals surface area contributed by atoms with Gasteiger partial charge in [0.1, 0.15) is 5.82 Å². The van der Waals surface area contributed by atoms with Crippen LogP contribution >= 0.6 is 11.6 Å².